The van der Waals surface area contributed by atoms with Crippen molar-refractivity contribution in [1.29, 1.82) is 0 Å². The Bertz CT molecular complexity index is 832. The standard InChI is InChI=1S/C16H16FN3O4/c1-3-8-20-14(21)7-6-12(19-20)15(22)18-13-9-10(17)4-5-11(13)16(23)24-2/h4-7,9H,3,8H2,1-2H3,(H,18,22). The quantitative estimate of drug-likeness (QED) is 0.843. The lowest BCUT2D eigenvalue weighted by Crippen LogP contribution is -2.26. The molecule has 8 heteroatoms. The molecule has 2 rings (SSSR count). The molecule has 2 aromatic rings. The molecule has 1 aromatic carbocycles. The second-order valence-electron chi connectivity index (χ2n) is 4.92. The smallest absolute Gasteiger partial charge is 0.339 e. The Morgan fingerprint density at radius 1 is 1.29 bits per heavy atom. The van der Waals surface area contributed by atoms with Crippen molar-refractivity contribution in [3.63, 3.8) is 0 Å². The third-order valence-electron chi connectivity index (χ3n) is 3.17. The van der Waals surface area contributed by atoms with Gasteiger partial charge in [0.05, 0.1) is 18.4 Å². The summed E-state index contributed by atoms with van der Waals surface area (Å²) in [7, 11) is 1.18. The number of hydrogen-bond acceptors (Lipinski definition) is 5. The van der Waals surface area contributed by atoms with Gasteiger partial charge in [0, 0.05) is 12.6 Å². The summed E-state index contributed by atoms with van der Waals surface area (Å²) in [6.45, 7) is 2.24. The predicted octanol–water partition coefficient (Wildman–Crippen LogP) is 1.83. The van der Waals surface area contributed by atoms with Gasteiger partial charge < -0.3 is 10.1 Å². The summed E-state index contributed by atoms with van der Waals surface area (Å²) in [5.41, 5.74) is -0.381. The predicted molar refractivity (Wildman–Crippen MR) is 84.5 cm³/mol. The average molecular weight is 333 g/mol. The SMILES string of the molecule is CCCn1nc(C(=O)Nc2cc(F)ccc2C(=O)OC)ccc1=O. The maximum atomic E-state index is 13.4. The number of nitrogens with one attached hydrogen (secondary N) is 1. The number of halogens is 1. The van der Waals surface area contributed by atoms with E-state index >= 15 is 0 Å². The van der Waals surface area contributed by atoms with Crippen molar-refractivity contribution in [2.24, 2.45) is 0 Å². The van der Waals surface area contributed by atoms with E-state index in [0.29, 0.717) is 13.0 Å². The number of aryl methyl sites for hydroxylation is 1. The molecule has 0 aliphatic carbocycles. The van der Waals surface area contributed by atoms with Crippen molar-refractivity contribution in [2.75, 3.05) is 12.4 Å². The van der Waals surface area contributed by atoms with Crippen LogP contribution in [0.25, 0.3) is 0 Å². The minimum Gasteiger partial charge on any atom is -0.465 e. The monoisotopic (exact) mass is 333 g/mol. The molecule has 0 bridgehead atoms. The Balaban J connectivity index is 2.33. The third-order valence-corrected chi connectivity index (χ3v) is 3.17. The summed E-state index contributed by atoms with van der Waals surface area (Å²) >= 11 is 0. The number of methoxy groups -OCH3 is 1. The van der Waals surface area contributed by atoms with Crippen LogP contribution in [0.1, 0.15) is 34.2 Å². The van der Waals surface area contributed by atoms with Crippen LogP contribution in [-0.4, -0.2) is 28.8 Å². The highest BCUT2D eigenvalue weighted by Gasteiger charge is 2.17. The zero-order valence-corrected chi connectivity index (χ0v) is 13.2. The number of amides is 1. The normalized spacial score (nSPS) is 10.3. The Morgan fingerprint density at radius 3 is 2.71 bits per heavy atom. The van der Waals surface area contributed by atoms with E-state index in [2.05, 4.69) is 15.2 Å². The molecule has 0 saturated carbocycles. The number of esters is 1. The van der Waals surface area contributed by atoms with Gasteiger partial charge in [0.2, 0.25) is 0 Å². The highest BCUT2D eigenvalue weighted by Crippen LogP contribution is 2.19. The molecule has 0 saturated heterocycles. The van der Waals surface area contributed by atoms with Crippen LogP contribution in [-0.2, 0) is 11.3 Å². The maximum Gasteiger partial charge on any atom is 0.339 e. The Hall–Kier alpha value is -3.03. The number of carbonyl (C=O) groups is 2. The molecule has 0 atom stereocenters. The van der Waals surface area contributed by atoms with Gasteiger partial charge in [-0.2, -0.15) is 5.10 Å². The van der Waals surface area contributed by atoms with Crippen LogP contribution in [0, 0.1) is 5.82 Å². The van der Waals surface area contributed by atoms with Crippen LogP contribution in [0.3, 0.4) is 0 Å². The van der Waals surface area contributed by atoms with E-state index in [4.69, 9.17) is 0 Å². The van der Waals surface area contributed by atoms with Crippen LogP contribution >= 0.6 is 0 Å². The second kappa shape index (κ2) is 7.49. The molecule has 0 aliphatic heterocycles. The molecular formula is C16H16FN3O4. The van der Waals surface area contributed by atoms with Gasteiger partial charge in [-0.3, -0.25) is 9.59 Å². The maximum absolute atomic E-state index is 13.4. The van der Waals surface area contributed by atoms with E-state index in [0.717, 1.165) is 12.1 Å². The molecule has 1 heterocycles. The number of ether oxygens (including phenoxy) is 1. The number of anilines is 1. The molecule has 126 valence electrons. The Kier molecular flexibility index (Phi) is 5.41. The first-order valence-corrected chi connectivity index (χ1v) is 7.23. The molecule has 0 spiro atoms. The lowest BCUT2D eigenvalue weighted by Gasteiger charge is -2.10. The summed E-state index contributed by atoms with van der Waals surface area (Å²) in [5, 5.41) is 6.37. The van der Waals surface area contributed by atoms with Gasteiger partial charge in [0.25, 0.3) is 11.5 Å². The fourth-order valence-corrected chi connectivity index (χ4v) is 2.04. The van der Waals surface area contributed by atoms with Crippen molar-refractivity contribution >= 4 is 17.6 Å². The third kappa shape index (κ3) is 3.83. The summed E-state index contributed by atoms with van der Waals surface area (Å²) < 4.78 is 19.2. The fourth-order valence-electron chi connectivity index (χ4n) is 2.04. The van der Waals surface area contributed by atoms with E-state index in [9.17, 15) is 18.8 Å². The summed E-state index contributed by atoms with van der Waals surface area (Å²) in [6.07, 6.45) is 0.675. The summed E-state index contributed by atoms with van der Waals surface area (Å²) in [6, 6.07) is 5.79. The van der Waals surface area contributed by atoms with Gasteiger partial charge in [0.15, 0.2) is 0 Å². The minimum atomic E-state index is -0.714. The summed E-state index contributed by atoms with van der Waals surface area (Å²) in [4.78, 5) is 35.6. The van der Waals surface area contributed by atoms with Gasteiger partial charge in [0.1, 0.15) is 11.5 Å². The lowest BCUT2D eigenvalue weighted by molar-refractivity contribution is 0.0602. The fraction of sp³-hybridized carbons (Fsp3) is 0.250. The molecular weight excluding hydrogens is 317 g/mol. The average Bonchev–Trinajstić information content (AvgIpc) is 2.56. The Morgan fingerprint density at radius 2 is 2.04 bits per heavy atom. The van der Waals surface area contributed by atoms with Crippen molar-refractivity contribution in [1.82, 2.24) is 9.78 Å². The van der Waals surface area contributed by atoms with Crippen LogP contribution in [0.4, 0.5) is 10.1 Å². The van der Waals surface area contributed by atoms with Gasteiger partial charge in [-0.1, -0.05) is 6.92 Å². The molecule has 1 N–H and O–H groups in total. The first-order valence-electron chi connectivity index (χ1n) is 7.23. The van der Waals surface area contributed by atoms with Gasteiger partial charge >= 0.3 is 5.97 Å². The van der Waals surface area contributed by atoms with E-state index < -0.39 is 17.7 Å². The zero-order valence-electron chi connectivity index (χ0n) is 13.2. The van der Waals surface area contributed by atoms with Crippen molar-refractivity contribution in [3.8, 4) is 0 Å². The minimum absolute atomic E-state index is 0.00845. The molecule has 1 amide bonds. The number of hydrogen-bond donors (Lipinski definition) is 1. The van der Waals surface area contributed by atoms with Gasteiger partial charge in [-0.05, 0) is 30.7 Å². The second-order valence-corrected chi connectivity index (χ2v) is 4.92. The molecule has 0 radical (unpaired) electrons. The number of rotatable bonds is 5. The molecule has 1 aromatic heterocycles. The largest absolute Gasteiger partial charge is 0.465 e. The van der Waals surface area contributed by atoms with Crippen molar-refractivity contribution in [3.05, 3.63) is 57.8 Å². The highest BCUT2D eigenvalue weighted by atomic mass is 19.1. The summed E-state index contributed by atoms with van der Waals surface area (Å²) in [5.74, 6) is -2.01. The van der Waals surface area contributed by atoms with Crippen LogP contribution in [0.2, 0.25) is 0 Å². The van der Waals surface area contributed by atoms with E-state index in [1.807, 2.05) is 6.92 Å². The molecule has 0 unspecified atom stereocenters. The van der Waals surface area contributed by atoms with Crippen molar-refractivity contribution < 1.29 is 18.7 Å². The van der Waals surface area contributed by atoms with Crippen LogP contribution < -0.4 is 10.9 Å². The number of nitrogens with zero attached hydrogens (tertiary/aromatic N) is 2. The highest BCUT2D eigenvalue weighted by molar-refractivity contribution is 6.06. The molecule has 0 aliphatic rings. The lowest BCUT2D eigenvalue weighted by atomic mass is 10.1. The molecule has 0 fully saturated rings. The van der Waals surface area contributed by atoms with Crippen LogP contribution in [0.5, 0.6) is 0 Å². The van der Waals surface area contributed by atoms with Gasteiger partial charge in [-0.15, -0.1) is 0 Å². The van der Waals surface area contributed by atoms with Crippen LogP contribution in [0.15, 0.2) is 35.1 Å². The first-order chi connectivity index (χ1) is 11.5. The van der Waals surface area contributed by atoms with E-state index in [1.54, 1.807) is 0 Å². The van der Waals surface area contributed by atoms with E-state index in [-0.39, 0.29) is 22.5 Å². The number of benzene rings is 1. The van der Waals surface area contributed by atoms with E-state index in [1.165, 1.54) is 30.0 Å². The first kappa shape index (κ1) is 17.3. The Labute approximate surface area is 137 Å². The van der Waals surface area contributed by atoms with Crippen molar-refractivity contribution in [2.45, 2.75) is 19.9 Å². The number of carbonyl (C=O) groups excluding carboxylic acids is 2. The topological polar surface area (TPSA) is 90.3 Å². The van der Waals surface area contributed by atoms with Gasteiger partial charge in [-0.25, -0.2) is 13.9 Å². The zero-order chi connectivity index (χ0) is 17.7. The molecule has 7 nitrogen and oxygen atoms in total. The number of aromatic nitrogens is 2. The molecule has 24 heavy (non-hydrogen) atoms.